The van der Waals surface area contributed by atoms with Gasteiger partial charge in [0.2, 0.25) is 0 Å². The second kappa shape index (κ2) is 7.54. The first-order valence-electron chi connectivity index (χ1n) is 11.1. The number of nitrogens with two attached hydrogens (primary N) is 1. The molecule has 1 unspecified atom stereocenters. The van der Waals surface area contributed by atoms with Crippen molar-refractivity contribution in [2.24, 2.45) is 12.8 Å². The highest BCUT2D eigenvalue weighted by molar-refractivity contribution is 5.99. The molecular formula is C25H29N5O. The first kappa shape index (κ1) is 19.8. The molecule has 0 saturated carbocycles. The maximum absolute atomic E-state index is 13.2. The summed E-state index contributed by atoms with van der Waals surface area (Å²) < 4.78 is 4.45. The minimum atomic E-state index is 0.0509. The van der Waals surface area contributed by atoms with Crippen LogP contribution in [0, 0.1) is 6.92 Å². The predicted octanol–water partition coefficient (Wildman–Crippen LogP) is 4.09. The summed E-state index contributed by atoms with van der Waals surface area (Å²) in [6.45, 7) is 6.48. The van der Waals surface area contributed by atoms with E-state index in [-0.39, 0.29) is 11.9 Å². The largest absolute Gasteiger partial charge is 0.338 e. The zero-order valence-electron chi connectivity index (χ0n) is 18.4. The van der Waals surface area contributed by atoms with Crippen LogP contribution in [0.3, 0.4) is 0 Å². The second-order valence-corrected chi connectivity index (χ2v) is 8.64. The molecule has 1 fully saturated rings. The van der Waals surface area contributed by atoms with Gasteiger partial charge in [-0.1, -0.05) is 18.2 Å². The number of hydrogen-bond acceptors (Lipinski definition) is 3. The van der Waals surface area contributed by atoms with Gasteiger partial charge >= 0.3 is 0 Å². The maximum atomic E-state index is 13.2. The molecule has 6 nitrogen and oxygen atoms in total. The van der Waals surface area contributed by atoms with Crippen LogP contribution < -0.4 is 5.73 Å². The third-order valence-electron chi connectivity index (χ3n) is 6.51. The van der Waals surface area contributed by atoms with Crippen molar-refractivity contribution in [2.45, 2.75) is 39.3 Å². The number of carbonyl (C=O) groups is 1. The SMILES string of the molecule is CCn1c(-c2nc3cc(C(=O)N4CCCC(N)C4)cc(C)c3n2C)cc2ccccc21. The van der Waals surface area contributed by atoms with Crippen LogP contribution in [0.1, 0.15) is 35.7 Å². The van der Waals surface area contributed by atoms with Gasteiger partial charge in [-0.2, -0.15) is 0 Å². The zero-order chi connectivity index (χ0) is 21.7. The fourth-order valence-electron chi connectivity index (χ4n) is 5.04. The van der Waals surface area contributed by atoms with E-state index in [1.165, 1.54) is 10.9 Å². The van der Waals surface area contributed by atoms with Gasteiger partial charge in [-0.25, -0.2) is 4.98 Å². The highest BCUT2D eigenvalue weighted by Gasteiger charge is 2.24. The number of aromatic nitrogens is 3. The van der Waals surface area contributed by atoms with Gasteiger partial charge in [-0.05, 0) is 56.5 Å². The van der Waals surface area contributed by atoms with Gasteiger partial charge in [-0.15, -0.1) is 0 Å². The minimum Gasteiger partial charge on any atom is -0.338 e. The van der Waals surface area contributed by atoms with E-state index in [0.717, 1.165) is 54.0 Å². The molecule has 31 heavy (non-hydrogen) atoms. The summed E-state index contributed by atoms with van der Waals surface area (Å²) in [5, 5.41) is 1.21. The van der Waals surface area contributed by atoms with Crippen LogP contribution in [0.15, 0.2) is 42.5 Å². The number of hydrogen-bond donors (Lipinski definition) is 1. The van der Waals surface area contributed by atoms with Crippen molar-refractivity contribution in [3.8, 4) is 11.5 Å². The Morgan fingerprint density at radius 3 is 2.81 bits per heavy atom. The molecule has 0 spiro atoms. The van der Waals surface area contributed by atoms with Crippen molar-refractivity contribution in [3.05, 3.63) is 53.6 Å². The van der Waals surface area contributed by atoms with Crippen molar-refractivity contribution in [3.63, 3.8) is 0 Å². The molecule has 2 N–H and O–H groups in total. The van der Waals surface area contributed by atoms with Gasteiger partial charge in [0.05, 0.1) is 16.7 Å². The Kier molecular flexibility index (Phi) is 4.82. The summed E-state index contributed by atoms with van der Waals surface area (Å²) in [4.78, 5) is 20.0. The van der Waals surface area contributed by atoms with Gasteiger partial charge < -0.3 is 19.8 Å². The standard InChI is InChI=1S/C25H29N5O/c1-4-30-21-10-6-5-8-17(21)14-22(30)24-27-20-13-18(12-16(2)23(20)28(24)3)25(31)29-11-7-9-19(26)15-29/h5-6,8,10,12-14,19H,4,7,9,11,15,26H2,1-3H3. The number of rotatable bonds is 3. The average molecular weight is 416 g/mol. The van der Waals surface area contributed by atoms with E-state index < -0.39 is 0 Å². The van der Waals surface area contributed by atoms with Gasteiger partial charge in [0, 0.05) is 49.2 Å². The Balaban J connectivity index is 1.62. The molecule has 1 aliphatic heterocycles. The lowest BCUT2D eigenvalue weighted by Crippen LogP contribution is -2.45. The molecule has 1 atom stereocenters. The van der Waals surface area contributed by atoms with Gasteiger partial charge in [0.1, 0.15) is 0 Å². The van der Waals surface area contributed by atoms with Crippen molar-refractivity contribution in [1.29, 1.82) is 0 Å². The quantitative estimate of drug-likeness (QED) is 0.548. The fraction of sp³-hybridized carbons (Fsp3) is 0.360. The molecule has 5 rings (SSSR count). The number of likely N-dealkylation sites (tertiary alicyclic amines) is 1. The van der Waals surface area contributed by atoms with E-state index in [1.54, 1.807) is 0 Å². The van der Waals surface area contributed by atoms with Crippen LogP contribution in [0.2, 0.25) is 0 Å². The van der Waals surface area contributed by atoms with Crippen molar-refractivity contribution in [1.82, 2.24) is 19.0 Å². The average Bonchev–Trinajstić information content (AvgIpc) is 3.30. The Labute approximate surface area is 182 Å². The van der Waals surface area contributed by atoms with E-state index in [9.17, 15) is 4.79 Å². The predicted molar refractivity (Wildman–Crippen MR) is 125 cm³/mol. The summed E-state index contributed by atoms with van der Waals surface area (Å²) in [7, 11) is 2.06. The highest BCUT2D eigenvalue weighted by atomic mass is 16.2. The summed E-state index contributed by atoms with van der Waals surface area (Å²) in [5.41, 5.74) is 12.1. The van der Waals surface area contributed by atoms with E-state index in [4.69, 9.17) is 10.7 Å². The number of imidazole rings is 1. The fourth-order valence-corrected chi connectivity index (χ4v) is 5.04. The molecule has 1 aliphatic rings. The third kappa shape index (κ3) is 3.22. The summed E-state index contributed by atoms with van der Waals surface area (Å²) in [5.74, 6) is 0.968. The lowest BCUT2D eigenvalue weighted by Gasteiger charge is -2.30. The van der Waals surface area contributed by atoms with Crippen LogP contribution in [0.5, 0.6) is 0 Å². The normalized spacial score (nSPS) is 17.0. The van der Waals surface area contributed by atoms with Crippen LogP contribution in [-0.2, 0) is 13.6 Å². The van der Waals surface area contributed by atoms with Crippen LogP contribution in [0.25, 0.3) is 33.5 Å². The topological polar surface area (TPSA) is 69.1 Å². The highest BCUT2D eigenvalue weighted by Crippen LogP contribution is 2.31. The molecule has 3 heterocycles. The van der Waals surface area contributed by atoms with E-state index >= 15 is 0 Å². The Bertz CT molecular complexity index is 1300. The number of fused-ring (bicyclic) bond motifs is 2. The molecule has 1 saturated heterocycles. The second-order valence-electron chi connectivity index (χ2n) is 8.64. The molecule has 0 aliphatic carbocycles. The molecule has 2 aromatic carbocycles. The Hall–Kier alpha value is -3.12. The maximum Gasteiger partial charge on any atom is 0.253 e. The molecule has 0 radical (unpaired) electrons. The zero-order valence-corrected chi connectivity index (χ0v) is 18.4. The first-order chi connectivity index (χ1) is 15.0. The van der Waals surface area contributed by atoms with Crippen LogP contribution >= 0.6 is 0 Å². The molecule has 6 heteroatoms. The molecule has 0 bridgehead atoms. The van der Waals surface area contributed by atoms with Crippen molar-refractivity contribution >= 4 is 27.8 Å². The van der Waals surface area contributed by atoms with E-state index in [2.05, 4.69) is 60.4 Å². The number of amides is 1. The summed E-state index contributed by atoms with van der Waals surface area (Å²) in [6, 6.07) is 14.6. The minimum absolute atomic E-state index is 0.0509. The first-order valence-corrected chi connectivity index (χ1v) is 11.1. The molecular weight excluding hydrogens is 386 g/mol. The number of piperidine rings is 1. The number of carbonyl (C=O) groups excluding carboxylic acids is 1. The summed E-state index contributed by atoms with van der Waals surface area (Å²) in [6.07, 6.45) is 1.94. The molecule has 2 aromatic heterocycles. The van der Waals surface area contributed by atoms with E-state index in [1.807, 2.05) is 17.0 Å². The summed E-state index contributed by atoms with van der Waals surface area (Å²) >= 11 is 0. The number of aryl methyl sites for hydroxylation is 3. The monoisotopic (exact) mass is 415 g/mol. The van der Waals surface area contributed by atoms with Crippen molar-refractivity contribution < 1.29 is 4.79 Å². The Morgan fingerprint density at radius 2 is 2.03 bits per heavy atom. The van der Waals surface area contributed by atoms with Gasteiger partial charge in [-0.3, -0.25) is 4.79 Å². The molecule has 1 amide bonds. The lowest BCUT2D eigenvalue weighted by molar-refractivity contribution is 0.0709. The third-order valence-corrected chi connectivity index (χ3v) is 6.51. The van der Waals surface area contributed by atoms with Crippen LogP contribution in [0.4, 0.5) is 0 Å². The molecule has 4 aromatic rings. The lowest BCUT2D eigenvalue weighted by atomic mass is 10.0. The van der Waals surface area contributed by atoms with Crippen LogP contribution in [-0.4, -0.2) is 44.1 Å². The smallest absolute Gasteiger partial charge is 0.253 e. The number of nitrogens with zero attached hydrogens (tertiary/aromatic N) is 4. The van der Waals surface area contributed by atoms with Gasteiger partial charge in [0.25, 0.3) is 5.91 Å². The van der Waals surface area contributed by atoms with Crippen molar-refractivity contribution in [2.75, 3.05) is 13.1 Å². The van der Waals surface area contributed by atoms with Gasteiger partial charge in [0.15, 0.2) is 5.82 Å². The number of para-hydroxylation sites is 1. The van der Waals surface area contributed by atoms with E-state index in [0.29, 0.717) is 12.1 Å². The number of benzene rings is 2. The Morgan fingerprint density at radius 1 is 1.23 bits per heavy atom. The molecule has 160 valence electrons.